The molecule has 0 aromatic heterocycles. The lowest BCUT2D eigenvalue weighted by Gasteiger charge is -2.68. The second-order valence-corrected chi connectivity index (χ2v) is 10.4. The fraction of sp³-hybridized carbons (Fsp3) is 0.708. The van der Waals surface area contributed by atoms with E-state index in [4.69, 9.17) is 28.4 Å². The lowest BCUT2D eigenvalue weighted by atomic mass is 9.41. The Morgan fingerprint density at radius 3 is 2.54 bits per heavy atom. The molecule has 1 aromatic rings. The first-order chi connectivity index (χ1) is 16.7. The number of aliphatic hydroxyl groups is 4. The van der Waals surface area contributed by atoms with E-state index in [1.807, 2.05) is 6.92 Å². The lowest BCUT2D eigenvalue weighted by molar-refractivity contribution is -0.427. The molecule has 7 fully saturated rings. The molecule has 3 saturated carbocycles. The number of carbonyl (C=O) groups excluding carboxylic acids is 1. The summed E-state index contributed by atoms with van der Waals surface area (Å²) in [7, 11) is 1.57. The molecule has 4 saturated heterocycles. The molecule has 0 radical (unpaired) electrons. The second kappa shape index (κ2) is 7.67. The Kier molecular flexibility index (Phi) is 5.20. The minimum Gasteiger partial charge on any atom is -0.461 e. The predicted molar refractivity (Wildman–Crippen MR) is 114 cm³/mol. The monoisotopic (exact) mass is 494 g/mol. The summed E-state index contributed by atoms with van der Waals surface area (Å²) < 4.78 is 36.3. The van der Waals surface area contributed by atoms with Crippen molar-refractivity contribution in [2.45, 2.75) is 73.8 Å². The predicted octanol–water partition coefficient (Wildman–Crippen LogP) is -0.703. The van der Waals surface area contributed by atoms with Crippen LogP contribution in [0.3, 0.4) is 0 Å². The van der Waals surface area contributed by atoms with Gasteiger partial charge in [0.25, 0.3) is 0 Å². The molecule has 11 atom stereocenters. The molecule has 11 nitrogen and oxygen atoms in total. The van der Waals surface area contributed by atoms with Gasteiger partial charge in [0, 0.05) is 19.4 Å². The van der Waals surface area contributed by atoms with E-state index in [1.54, 1.807) is 37.4 Å². The second-order valence-electron chi connectivity index (χ2n) is 10.4. The van der Waals surface area contributed by atoms with Crippen molar-refractivity contribution in [2.75, 3.05) is 20.3 Å². The van der Waals surface area contributed by atoms with Crippen LogP contribution < -0.4 is 0 Å². The topological polar surface area (TPSA) is 153 Å². The van der Waals surface area contributed by atoms with Gasteiger partial charge in [-0.1, -0.05) is 18.2 Å². The summed E-state index contributed by atoms with van der Waals surface area (Å²) in [5.41, 5.74) is -2.62. The largest absolute Gasteiger partial charge is 0.461 e. The van der Waals surface area contributed by atoms with Crippen molar-refractivity contribution >= 4 is 5.97 Å². The van der Waals surface area contributed by atoms with Crippen molar-refractivity contribution < 1.29 is 53.6 Å². The molecular weight excluding hydrogens is 464 g/mol. The minimum atomic E-state index is -1.59. The zero-order valence-electron chi connectivity index (χ0n) is 19.4. The molecule has 7 aliphatic rings. The molecule has 1 aromatic carbocycles. The van der Waals surface area contributed by atoms with Crippen LogP contribution in [0.25, 0.3) is 0 Å². The van der Waals surface area contributed by atoms with E-state index in [9.17, 15) is 25.2 Å². The number of ether oxygens (including phenoxy) is 6. The third-order valence-corrected chi connectivity index (χ3v) is 8.89. The van der Waals surface area contributed by atoms with Crippen LogP contribution in [0.4, 0.5) is 0 Å². The Hall–Kier alpha value is -1.67. The molecule has 11 heteroatoms. The van der Waals surface area contributed by atoms with Crippen molar-refractivity contribution in [3.05, 3.63) is 35.9 Å². The van der Waals surface area contributed by atoms with Gasteiger partial charge < -0.3 is 48.8 Å². The van der Waals surface area contributed by atoms with Gasteiger partial charge >= 0.3 is 5.97 Å². The van der Waals surface area contributed by atoms with E-state index >= 15 is 0 Å². The van der Waals surface area contributed by atoms with Crippen LogP contribution in [0.2, 0.25) is 0 Å². The quantitative estimate of drug-likeness (QED) is 0.356. The van der Waals surface area contributed by atoms with Gasteiger partial charge in [0.1, 0.15) is 42.2 Å². The van der Waals surface area contributed by atoms with Crippen molar-refractivity contribution in [3.8, 4) is 0 Å². The van der Waals surface area contributed by atoms with E-state index < -0.39 is 72.0 Å². The number of aliphatic hydroxyl groups excluding tert-OH is 4. The summed E-state index contributed by atoms with van der Waals surface area (Å²) in [4.78, 5) is 12.8. The van der Waals surface area contributed by atoms with Crippen molar-refractivity contribution in [1.29, 1.82) is 0 Å². The van der Waals surface area contributed by atoms with Gasteiger partial charge in [0.2, 0.25) is 0 Å². The number of esters is 1. The highest BCUT2D eigenvalue weighted by molar-refractivity contribution is 5.89. The summed E-state index contributed by atoms with van der Waals surface area (Å²) in [5, 5.41) is 40.7. The number of rotatable bonds is 7. The van der Waals surface area contributed by atoms with E-state index in [0.29, 0.717) is 18.4 Å². The molecule has 4 heterocycles. The van der Waals surface area contributed by atoms with Gasteiger partial charge in [-0.25, -0.2) is 4.79 Å². The fourth-order valence-electron chi connectivity index (χ4n) is 7.11. The normalized spacial score (nSPS) is 51.3. The molecule has 0 spiro atoms. The molecule has 8 rings (SSSR count). The minimum absolute atomic E-state index is 0.0891. The third kappa shape index (κ3) is 2.79. The average molecular weight is 494 g/mol. The number of carbonyl (C=O) groups is 1. The number of methoxy groups -OCH3 is 1. The zero-order chi connectivity index (χ0) is 24.8. The van der Waals surface area contributed by atoms with Gasteiger partial charge in [-0.05, 0) is 25.5 Å². The summed E-state index contributed by atoms with van der Waals surface area (Å²) in [6, 6.07) is 8.60. The van der Waals surface area contributed by atoms with Crippen LogP contribution in [-0.2, 0) is 28.4 Å². The van der Waals surface area contributed by atoms with E-state index in [1.165, 1.54) is 0 Å². The van der Waals surface area contributed by atoms with E-state index in [0.717, 1.165) is 0 Å². The molecule has 4 N–H and O–H groups in total. The highest BCUT2D eigenvalue weighted by atomic mass is 16.8. The van der Waals surface area contributed by atoms with Crippen molar-refractivity contribution in [2.24, 2.45) is 11.3 Å². The Morgan fingerprint density at radius 2 is 1.86 bits per heavy atom. The molecule has 0 amide bonds. The molecular formula is C24H30O11. The third-order valence-electron chi connectivity index (χ3n) is 8.89. The number of hydrogen-bond acceptors (Lipinski definition) is 11. The number of benzene rings is 1. The van der Waals surface area contributed by atoms with Crippen molar-refractivity contribution in [3.63, 3.8) is 0 Å². The molecule has 3 aliphatic carbocycles. The van der Waals surface area contributed by atoms with Crippen LogP contribution in [0.1, 0.15) is 30.1 Å². The van der Waals surface area contributed by atoms with Crippen LogP contribution in [-0.4, -0.2) is 101 Å². The van der Waals surface area contributed by atoms with Gasteiger partial charge in [-0.2, -0.15) is 0 Å². The SMILES string of the molecule is CO[C@]12C[C@@]3(C)OC(O1)C1(COC(=O)c4ccccc4)C2CC13O[C@@H]1O[C@H](CO)[C@@H](O)[C@H](O)[C@H]1O. The standard InChI is InChI=1S/C24H30O11/c1-21-10-23(30-2)14-8-24(21,33-19-17(28)16(27)15(26)13(9-25)32-19)22(14,20(34-21)35-23)11-31-18(29)12-6-4-3-5-7-12/h3-7,13-17,19-20,25-28H,8-11H2,1-2H3/t13-,14?,15-,16+,17-,19+,20?,21-,22?,23-,24?/m1/s1. The average Bonchev–Trinajstić information content (AvgIpc) is 3.07. The van der Waals surface area contributed by atoms with Crippen LogP contribution in [0.5, 0.6) is 0 Å². The van der Waals surface area contributed by atoms with E-state index in [2.05, 4.69) is 0 Å². The highest BCUT2D eigenvalue weighted by Crippen LogP contribution is 2.82. The summed E-state index contributed by atoms with van der Waals surface area (Å²) >= 11 is 0. The summed E-state index contributed by atoms with van der Waals surface area (Å²) in [6.07, 6.45) is -7.22. The van der Waals surface area contributed by atoms with Gasteiger partial charge in [0.15, 0.2) is 18.4 Å². The maximum atomic E-state index is 12.8. The van der Waals surface area contributed by atoms with Gasteiger partial charge in [-0.3, -0.25) is 0 Å². The first-order valence-corrected chi connectivity index (χ1v) is 11.8. The van der Waals surface area contributed by atoms with E-state index in [-0.39, 0.29) is 12.5 Å². The smallest absolute Gasteiger partial charge is 0.338 e. The van der Waals surface area contributed by atoms with Gasteiger partial charge in [-0.15, -0.1) is 0 Å². The Labute approximate surface area is 201 Å². The van der Waals surface area contributed by atoms with Crippen LogP contribution >= 0.6 is 0 Å². The lowest BCUT2D eigenvalue weighted by Crippen LogP contribution is -2.81. The fourth-order valence-corrected chi connectivity index (χ4v) is 7.11. The molecule has 6 bridgehead atoms. The first-order valence-electron chi connectivity index (χ1n) is 11.8. The molecule has 35 heavy (non-hydrogen) atoms. The maximum Gasteiger partial charge on any atom is 0.338 e. The van der Waals surface area contributed by atoms with Crippen LogP contribution in [0, 0.1) is 11.3 Å². The zero-order valence-corrected chi connectivity index (χ0v) is 19.4. The summed E-state index contributed by atoms with van der Waals surface area (Å²) in [5.74, 6) is -1.67. The van der Waals surface area contributed by atoms with Crippen LogP contribution in [0.15, 0.2) is 30.3 Å². The Bertz CT molecular complexity index is 1000. The van der Waals surface area contributed by atoms with Gasteiger partial charge in [0.05, 0.1) is 17.6 Å². The maximum absolute atomic E-state index is 12.8. The molecule has 192 valence electrons. The number of hydrogen-bond donors (Lipinski definition) is 4. The highest BCUT2D eigenvalue weighted by Gasteiger charge is 2.95. The Morgan fingerprint density at radius 1 is 1.11 bits per heavy atom. The summed E-state index contributed by atoms with van der Waals surface area (Å²) in [6.45, 7) is 1.19. The van der Waals surface area contributed by atoms with Crippen molar-refractivity contribution in [1.82, 2.24) is 0 Å². The molecule has 4 aliphatic heterocycles. The first kappa shape index (κ1) is 23.7. The Balaban J connectivity index is 1.33. The molecule has 4 unspecified atom stereocenters.